The molecular weight excluding hydrogens is 468 g/mol. The van der Waals surface area contributed by atoms with Crippen molar-refractivity contribution >= 4 is 17.7 Å². The number of aliphatic hydroxyl groups excluding tert-OH is 1. The van der Waals surface area contributed by atoms with Crippen LogP contribution in [0.4, 0.5) is 0 Å². The molecule has 5 fully saturated rings. The number of Topliss-reactive ketones (excluding diaryl/α,β-unsaturated/α-hetero) is 1. The van der Waals surface area contributed by atoms with Crippen LogP contribution in [0.3, 0.4) is 0 Å². The fourth-order valence-corrected chi connectivity index (χ4v) is 8.77. The quantitative estimate of drug-likeness (QED) is 0.379. The standard InChI is InChI=1S/C27H32O9/c1-23(2)18-17(29)19(30)25(4)15(26(18,13-34-23)10-7-16(28)32-5)6-9-24(3)20(14-8-11-33-12-14)35-22(31)21-27(24,25)36-21/h7-8,10-12,15,18-21,30H,6,9,13H2,1-5H3/b10-7+/t15-,18-,19+,20-,21+,24-,25-,26-,27+/m0/s1. The summed E-state index contributed by atoms with van der Waals surface area (Å²) in [5.74, 6) is -2.41. The Labute approximate surface area is 209 Å². The van der Waals surface area contributed by atoms with Gasteiger partial charge in [0.25, 0.3) is 0 Å². The summed E-state index contributed by atoms with van der Waals surface area (Å²) in [6, 6.07) is 1.76. The zero-order valence-corrected chi connectivity index (χ0v) is 21.1. The van der Waals surface area contributed by atoms with Crippen LogP contribution < -0.4 is 0 Å². The van der Waals surface area contributed by atoms with E-state index in [2.05, 4.69) is 0 Å². The number of epoxide rings is 1. The molecule has 1 aromatic rings. The van der Waals surface area contributed by atoms with Gasteiger partial charge in [0.05, 0.1) is 37.8 Å². The molecule has 1 aromatic heterocycles. The van der Waals surface area contributed by atoms with Crippen molar-refractivity contribution in [3.05, 3.63) is 36.3 Å². The van der Waals surface area contributed by atoms with Crippen LogP contribution in [0.1, 0.15) is 52.2 Å². The second kappa shape index (κ2) is 7.08. The van der Waals surface area contributed by atoms with Gasteiger partial charge >= 0.3 is 11.9 Å². The predicted octanol–water partition coefficient (Wildman–Crippen LogP) is 2.52. The first-order valence-electron chi connectivity index (χ1n) is 12.4. The van der Waals surface area contributed by atoms with E-state index in [0.717, 1.165) is 0 Å². The summed E-state index contributed by atoms with van der Waals surface area (Å²) in [5, 5.41) is 11.8. The second-order valence-electron chi connectivity index (χ2n) is 12.0. The molecule has 9 nitrogen and oxygen atoms in total. The molecule has 4 heterocycles. The molecule has 5 aliphatic rings. The lowest BCUT2D eigenvalue weighted by Gasteiger charge is -2.65. The number of furan rings is 1. The number of rotatable bonds is 3. The molecule has 0 radical (unpaired) electrons. The summed E-state index contributed by atoms with van der Waals surface area (Å²) in [4.78, 5) is 39.4. The lowest BCUT2D eigenvalue weighted by atomic mass is 9.37. The van der Waals surface area contributed by atoms with Gasteiger partial charge in [-0.25, -0.2) is 9.59 Å². The van der Waals surface area contributed by atoms with Crippen molar-refractivity contribution < 1.29 is 42.9 Å². The Morgan fingerprint density at radius 3 is 2.61 bits per heavy atom. The number of aliphatic hydroxyl groups is 1. The van der Waals surface area contributed by atoms with Crippen LogP contribution in [-0.4, -0.2) is 60.0 Å². The summed E-state index contributed by atoms with van der Waals surface area (Å²) in [6.45, 7) is 7.75. The molecule has 194 valence electrons. The fraction of sp³-hybridized carbons (Fsp3) is 0.667. The summed E-state index contributed by atoms with van der Waals surface area (Å²) < 4.78 is 28.6. The second-order valence-corrected chi connectivity index (χ2v) is 12.0. The van der Waals surface area contributed by atoms with Gasteiger partial charge in [0.15, 0.2) is 11.9 Å². The molecule has 0 amide bonds. The monoisotopic (exact) mass is 500 g/mol. The topological polar surface area (TPSA) is 125 Å². The van der Waals surface area contributed by atoms with Gasteiger partial charge in [-0.1, -0.05) is 19.9 Å². The van der Waals surface area contributed by atoms with E-state index in [1.165, 1.54) is 19.4 Å². The minimum atomic E-state index is -1.39. The number of carbonyl (C=O) groups is 3. The minimum absolute atomic E-state index is 0.198. The third-order valence-electron chi connectivity index (χ3n) is 10.2. The van der Waals surface area contributed by atoms with E-state index in [1.54, 1.807) is 18.4 Å². The van der Waals surface area contributed by atoms with E-state index in [4.69, 9.17) is 23.4 Å². The van der Waals surface area contributed by atoms with Crippen LogP contribution in [0.2, 0.25) is 0 Å². The van der Waals surface area contributed by atoms with E-state index in [1.807, 2.05) is 27.7 Å². The summed E-state index contributed by atoms with van der Waals surface area (Å²) in [6.07, 6.45) is 4.44. The van der Waals surface area contributed by atoms with Gasteiger partial charge in [-0.05, 0) is 38.7 Å². The van der Waals surface area contributed by atoms with Gasteiger partial charge in [0.1, 0.15) is 17.8 Å². The Morgan fingerprint density at radius 1 is 1.19 bits per heavy atom. The van der Waals surface area contributed by atoms with Crippen molar-refractivity contribution in [3.63, 3.8) is 0 Å². The summed E-state index contributed by atoms with van der Waals surface area (Å²) in [7, 11) is 1.30. The first-order valence-corrected chi connectivity index (χ1v) is 12.4. The summed E-state index contributed by atoms with van der Waals surface area (Å²) >= 11 is 0. The Morgan fingerprint density at radius 2 is 1.94 bits per heavy atom. The maximum absolute atomic E-state index is 14.1. The van der Waals surface area contributed by atoms with E-state index in [-0.39, 0.29) is 18.3 Å². The van der Waals surface area contributed by atoms with Crippen molar-refractivity contribution in [3.8, 4) is 0 Å². The van der Waals surface area contributed by atoms with E-state index in [9.17, 15) is 19.5 Å². The van der Waals surface area contributed by atoms with Gasteiger partial charge in [0, 0.05) is 27.9 Å². The lowest BCUT2D eigenvalue weighted by molar-refractivity contribution is -0.231. The molecule has 0 bridgehead atoms. The van der Waals surface area contributed by atoms with Crippen molar-refractivity contribution in [2.75, 3.05) is 13.7 Å². The molecule has 2 aliphatic carbocycles. The highest BCUT2D eigenvalue weighted by molar-refractivity contribution is 5.92. The molecule has 36 heavy (non-hydrogen) atoms. The van der Waals surface area contributed by atoms with Gasteiger partial charge < -0.3 is 28.5 Å². The van der Waals surface area contributed by atoms with Gasteiger partial charge in [-0.15, -0.1) is 0 Å². The van der Waals surface area contributed by atoms with Gasteiger partial charge in [0.2, 0.25) is 0 Å². The van der Waals surface area contributed by atoms with E-state index in [0.29, 0.717) is 18.4 Å². The molecule has 0 aromatic carbocycles. The van der Waals surface area contributed by atoms with Crippen LogP contribution in [0.25, 0.3) is 0 Å². The van der Waals surface area contributed by atoms with E-state index >= 15 is 0 Å². The van der Waals surface area contributed by atoms with E-state index < -0.39 is 63.6 Å². The normalized spacial score (nSPS) is 48.4. The first-order chi connectivity index (χ1) is 16.9. The summed E-state index contributed by atoms with van der Waals surface area (Å²) in [5.41, 5.74) is -4.05. The molecule has 3 aliphatic heterocycles. The third-order valence-corrected chi connectivity index (χ3v) is 10.2. The number of esters is 2. The van der Waals surface area contributed by atoms with Crippen molar-refractivity contribution in [1.82, 2.24) is 0 Å². The van der Waals surface area contributed by atoms with Crippen LogP contribution in [-0.2, 0) is 33.3 Å². The van der Waals surface area contributed by atoms with Crippen LogP contribution in [0.15, 0.2) is 35.2 Å². The largest absolute Gasteiger partial charge is 0.472 e. The Kier molecular flexibility index (Phi) is 4.70. The van der Waals surface area contributed by atoms with Crippen LogP contribution >= 0.6 is 0 Å². The molecule has 9 heteroatoms. The Hall–Kier alpha value is -2.49. The molecule has 3 saturated heterocycles. The lowest BCUT2D eigenvalue weighted by Crippen LogP contribution is -2.74. The number of cyclic esters (lactones) is 1. The Bertz CT molecular complexity index is 1170. The third kappa shape index (κ3) is 2.49. The van der Waals surface area contributed by atoms with Crippen molar-refractivity contribution in [1.29, 1.82) is 0 Å². The van der Waals surface area contributed by atoms with Crippen molar-refractivity contribution in [2.24, 2.45) is 28.1 Å². The first kappa shape index (κ1) is 23.9. The molecule has 1 spiro atoms. The fourth-order valence-electron chi connectivity index (χ4n) is 8.77. The average molecular weight is 501 g/mol. The zero-order valence-electron chi connectivity index (χ0n) is 21.1. The number of ether oxygens (including phenoxy) is 4. The average Bonchev–Trinajstić information content (AvgIpc) is 3.29. The number of hydrogen-bond acceptors (Lipinski definition) is 9. The number of methoxy groups -OCH3 is 1. The van der Waals surface area contributed by atoms with Crippen LogP contribution in [0.5, 0.6) is 0 Å². The smallest absolute Gasteiger partial charge is 0.339 e. The highest BCUT2D eigenvalue weighted by Gasteiger charge is 2.89. The molecule has 0 unspecified atom stereocenters. The number of hydrogen-bond donors (Lipinski definition) is 1. The number of carbonyl (C=O) groups excluding carboxylic acids is 3. The minimum Gasteiger partial charge on any atom is -0.472 e. The molecule has 9 atom stereocenters. The SMILES string of the molecule is COC(=O)/C=C/[C@@]12COC(C)(C)[C@@H]1C(=O)[C@@H](O)[C@]1(C)[C@@H]2CC[C@@]2(C)[C@H](c3ccoc3)OC(=O)[C@H]3O[C@@]312. The highest BCUT2D eigenvalue weighted by atomic mass is 16.7. The number of ketones is 1. The maximum Gasteiger partial charge on any atom is 0.339 e. The van der Waals surface area contributed by atoms with Gasteiger partial charge in [-0.3, -0.25) is 4.79 Å². The Balaban J connectivity index is 1.55. The number of fused-ring (bicyclic) bond motifs is 3. The molecule has 2 saturated carbocycles. The van der Waals surface area contributed by atoms with Crippen molar-refractivity contribution in [2.45, 2.75) is 70.1 Å². The molecular formula is C27H32O9. The zero-order chi connectivity index (χ0) is 25.9. The molecule has 1 N–H and O–H groups in total. The highest BCUT2D eigenvalue weighted by Crippen LogP contribution is 2.79. The van der Waals surface area contributed by atoms with Crippen LogP contribution in [0, 0.1) is 28.1 Å². The molecule has 6 rings (SSSR count). The predicted molar refractivity (Wildman–Crippen MR) is 122 cm³/mol. The maximum atomic E-state index is 14.1. The van der Waals surface area contributed by atoms with Gasteiger partial charge in [-0.2, -0.15) is 0 Å².